The van der Waals surface area contributed by atoms with E-state index in [2.05, 4.69) is 19.9 Å². The van der Waals surface area contributed by atoms with Gasteiger partial charge in [-0.05, 0) is 42.2 Å². The third kappa shape index (κ3) is 2.99. The van der Waals surface area contributed by atoms with E-state index in [0.717, 1.165) is 5.56 Å². The molecule has 2 aromatic carbocycles. The molecule has 0 aliphatic rings. The summed E-state index contributed by atoms with van der Waals surface area (Å²) in [6.07, 6.45) is 0. The largest absolute Gasteiger partial charge is 0.478 e. The summed E-state index contributed by atoms with van der Waals surface area (Å²) in [5.41, 5.74) is 2.40. The quantitative estimate of drug-likeness (QED) is 0.882. The van der Waals surface area contributed by atoms with Gasteiger partial charge in [0.1, 0.15) is 17.1 Å². The predicted octanol–water partition coefficient (Wildman–Crippen LogP) is 4.61. The minimum Gasteiger partial charge on any atom is -0.478 e. The third-order valence-electron chi connectivity index (χ3n) is 3.20. The first-order valence-corrected chi connectivity index (χ1v) is 6.59. The van der Waals surface area contributed by atoms with Crippen LogP contribution in [0, 0.1) is 6.92 Å². The lowest BCUT2D eigenvalue weighted by Crippen LogP contribution is -2.00. The van der Waals surface area contributed by atoms with Crippen LogP contribution >= 0.6 is 0 Å². The minimum atomic E-state index is -0.989. The zero-order valence-corrected chi connectivity index (χ0v) is 11.9. The van der Waals surface area contributed by atoms with Gasteiger partial charge in [0.25, 0.3) is 0 Å². The third-order valence-corrected chi connectivity index (χ3v) is 3.20. The van der Waals surface area contributed by atoms with Crippen LogP contribution in [0.3, 0.4) is 0 Å². The lowest BCUT2D eigenvalue weighted by Gasteiger charge is -2.13. The second kappa shape index (κ2) is 5.78. The molecule has 0 saturated heterocycles. The van der Waals surface area contributed by atoms with Crippen molar-refractivity contribution in [2.45, 2.75) is 26.7 Å². The van der Waals surface area contributed by atoms with Gasteiger partial charge in [-0.1, -0.05) is 38.1 Å². The number of aryl methyl sites for hydroxylation is 1. The molecule has 0 fully saturated rings. The van der Waals surface area contributed by atoms with E-state index < -0.39 is 5.97 Å². The number of carboxylic acid groups (broad SMARTS) is 1. The minimum absolute atomic E-state index is 0.167. The number of ether oxygens (including phenoxy) is 1. The smallest absolute Gasteiger partial charge is 0.339 e. The molecule has 3 heteroatoms. The highest BCUT2D eigenvalue weighted by molar-refractivity contribution is 5.90. The van der Waals surface area contributed by atoms with E-state index in [0.29, 0.717) is 17.4 Å². The molecule has 0 aromatic heterocycles. The molecule has 0 aliphatic carbocycles. The molecule has 20 heavy (non-hydrogen) atoms. The highest BCUT2D eigenvalue weighted by Crippen LogP contribution is 2.29. The first kappa shape index (κ1) is 14.1. The fourth-order valence-corrected chi connectivity index (χ4v) is 2.00. The van der Waals surface area contributed by atoms with Crippen molar-refractivity contribution in [3.05, 3.63) is 59.2 Å². The standard InChI is InChI=1S/C17H18O3/c1-11(2)13-8-9-15(12(3)10-13)20-16-7-5-4-6-14(16)17(18)19/h4-11H,1-3H3,(H,18,19). The number of benzene rings is 2. The summed E-state index contributed by atoms with van der Waals surface area (Å²) < 4.78 is 5.76. The molecule has 0 amide bonds. The zero-order chi connectivity index (χ0) is 14.7. The van der Waals surface area contributed by atoms with E-state index in [1.807, 2.05) is 19.1 Å². The Morgan fingerprint density at radius 1 is 1.10 bits per heavy atom. The highest BCUT2D eigenvalue weighted by Gasteiger charge is 2.12. The maximum Gasteiger partial charge on any atom is 0.339 e. The molecule has 0 saturated carbocycles. The Labute approximate surface area is 118 Å². The van der Waals surface area contributed by atoms with Crippen molar-refractivity contribution in [3.63, 3.8) is 0 Å². The molecule has 0 spiro atoms. The van der Waals surface area contributed by atoms with Crippen LogP contribution in [0.2, 0.25) is 0 Å². The summed E-state index contributed by atoms with van der Waals surface area (Å²) in [4.78, 5) is 11.2. The van der Waals surface area contributed by atoms with E-state index in [4.69, 9.17) is 9.84 Å². The van der Waals surface area contributed by atoms with E-state index in [1.165, 1.54) is 11.6 Å². The summed E-state index contributed by atoms with van der Waals surface area (Å²) in [7, 11) is 0. The van der Waals surface area contributed by atoms with Crippen molar-refractivity contribution < 1.29 is 14.6 Å². The van der Waals surface area contributed by atoms with Crippen LogP contribution in [0.4, 0.5) is 0 Å². The maximum absolute atomic E-state index is 11.2. The van der Waals surface area contributed by atoms with Gasteiger partial charge in [-0.3, -0.25) is 0 Å². The average Bonchev–Trinajstić information content (AvgIpc) is 2.41. The number of para-hydroxylation sites is 1. The van der Waals surface area contributed by atoms with Gasteiger partial charge in [0.05, 0.1) is 0 Å². The van der Waals surface area contributed by atoms with E-state index in [-0.39, 0.29) is 5.56 Å². The van der Waals surface area contributed by atoms with Crippen LogP contribution in [-0.4, -0.2) is 11.1 Å². The lowest BCUT2D eigenvalue weighted by molar-refractivity contribution is 0.0694. The maximum atomic E-state index is 11.2. The van der Waals surface area contributed by atoms with Crippen molar-refractivity contribution in [2.75, 3.05) is 0 Å². The number of rotatable bonds is 4. The number of carbonyl (C=O) groups is 1. The van der Waals surface area contributed by atoms with Crippen LogP contribution in [-0.2, 0) is 0 Å². The number of hydrogen-bond acceptors (Lipinski definition) is 2. The summed E-state index contributed by atoms with van der Waals surface area (Å²) in [6, 6.07) is 12.6. The summed E-state index contributed by atoms with van der Waals surface area (Å²) >= 11 is 0. The second-order valence-corrected chi connectivity index (χ2v) is 5.08. The van der Waals surface area contributed by atoms with Crippen LogP contribution in [0.5, 0.6) is 11.5 Å². The van der Waals surface area contributed by atoms with Gasteiger partial charge < -0.3 is 9.84 Å². The first-order valence-electron chi connectivity index (χ1n) is 6.59. The van der Waals surface area contributed by atoms with Gasteiger partial charge in [-0.15, -0.1) is 0 Å². The van der Waals surface area contributed by atoms with Crippen molar-refractivity contribution in [3.8, 4) is 11.5 Å². The fraction of sp³-hybridized carbons (Fsp3) is 0.235. The van der Waals surface area contributed by atoms with Gasteiger partial charge in [0.15, 0.2) is 0 Å². The summed E-state index contributed by atoms with van der Waals surface area (Å²) in [5, 5.41) is 9.15. The number of carboxylic acids is 1. The SMILES string of the molecule is Cc1cc(C(C)C)ccc1Oc1ccccc1C(=O)O. The topological polar surface area (TPSA) is 46.5 Å². The van der Waals surface area contributed by atoms with E-state index >= 15 is 0 Å². The number of hydrogen-bond donors (Lipinski definition) is 1. The average molecular weight is 270 g/mol. The van der Waals surface area contributed by atoms with Crippen molar-refractivity contribution >= 4 is 5.97 Å². The Hall–Kier alpha value is -2.29. The van der Waals surface area contributed by atoms with Gasteiger partial charge in [-0.25, -0.2) is 4.79 Å². The lowest BCUT2D eigenvalue weighted by atomic mass is 10.0. The van der Waals surface area contributed by atoms with Crippen LogP contribution < -0.4 is 4.74 Å². The normalized spacial score (nSPS) is 10.6. The summed E-state index contributed by atoms with van der Waals surface area (Å²) in [5.74, 6) is 0.509. The Kier molecular flexibility index (Phi) is 4.08. The predicted molar refractivity (Wildman–Crippen MR) is 78.7 cm³/mol. The monoisotopic (exact) mass is 270 g/mol. The molecular formula is C17H18O3. The molecule has 0 aliphatic heterocycles. The number of aromatic carboxylic acids is 1. The van der Waals surface area contributed by atoms with Crippen LogP contribution in [0.1, 0.15) is 41.3 Å². The van der Waals surface area contributed by atoms with Crippen LogP contribution in [0.15, 0.2) is 42.5 Å². The Morgan fingerprint density at radius 2 is 1.80 bits per heavy atom. The molecule has 3 nitrogen and oxygen atoms in total. The zero-order valence-electron chi connectivity index (χ0n) is 11.9. The molecule has 0 unspecified atom stereocenters. The van der Waals surface area contributed by atoms with Gasteiger partial charge in [-0.2, -0.15) is 0 Å². The van der Waals surface area contributed by atoms with Crippen molar-refractivity contribution in [2.24, 2.45) is 0 Å². The molecular weight excluding hydrogens is 252 g/mol. The first-order chi connectivity index (χ1) is 9.49. The van der Waals surface area contributed by atoms with E-state index in [9.17, 15) is 4.79 Å². The molecule has 0 atom stereocenters. The Morgan fingerprint density at radius 3 is 2.40 bits per heavy atom. The van der Waals surface area contributed by atoms with Crippen molar-refractivity contribution in [1.82, 2.24) is 0 Å². The fourth-order valence-electron chi connectivity index (χ4n) is 2.00. The Bertz CT molecular complexity index is 630. The van der Waals surface area contributed by atoms with Crippen molar-refractivity contribution in [1.29, 1.82) is 0 Å². The molecule has 2 aromatic rings. The molecule has 2 rings (SSSR count). The molecule has 1 N–H and O–H groups in total. The van der Waals surface area contributed by atoms with Crippen LogP contribution in [0.25, 0.3) is 0 Å². The van der Waals surface area contributed by atoms with Gasteiger partial charge in [0.2, 0.25) is 0 Å². The highest BCUT2D eigenvalue weighted by atomic mass is 16.5. The van der Waals surface area contributed by atoms with E-state index in [1.54, 1.807) is 18.2 Å². The molecule has 104 valence electrons. The molecule has 0 radical (unpaired) electrons. The second-order valence-electron chi connectivity index (χ2n) is 5.08. The molecule has 0 heterocycles. The molecule has 0 bridgehead atoms. The van der Waals surface area contributed by atoms with Gasteiger partial charge in [0, 0.05) is 0 Å². The Balaban J connectivity index is 2.33. The van der Waals surface area contributed by atoms with Gasteiger partial charge >= 0.3 is 5.97 Å². The summed E-state index contributed by atoms with van der Waals surface area (Å²) in [6.45, 7) is 6.23.